The Morgan fingerprint density at radius 3 is 2.43 bits per heavy atom. The van der Waals surface area contributed by atoms with Gasteiger partial charge in [0.25, 0.3) is 5.91 Å². The quantitative estimate of drug-likeness (QED) is 0.632. The summed E-state index contributed by atoms with van der Waals surface area (Å²) in [4.78, 5) is 23.9. The van der Waals surface area contributed by atoms with Gasteiger partial charge in [0.1, 0.15) is 5.75 Å². The van der Waals surface area contributed by atoms with Crippen molar-refractivity contribution in [2.24, 2.45) is 0 Å². The molecule has 3 aromatic rings. The van der Waals surface area contributed by atoms with Crippen molar-refractivity contribution in [3.8, 4) is 5.75 Å². The van der Waals surface area contributed by atoms with Gasteiger partial charge in [-0.05, 0) is 41.8 Å². The fourth-order valence-electron chi connectivity index (χ4n) is 2.78. The maximum atomic E-state index is 12.3. The number of carbonyl (C=O) groups excluding carboxylic acids is 2. The molecule has 1 N–H and O–H groups in total. The summed E-state index contributed by atoms with van der Waals surface area (Å²) in [6.07, 6.45) is 0.722. The molecule has 0 aromatic heterocycles. The summed E-state index contributed by atoms with van der Waals surface area (Å²) in [7, 11) is 1.32. The predicted molar refractivity (Wildman–Crippen MR) is 108 cm³/mol. The van der Waals surface area contributed by atoms with Crippen molar-refractivity contribution in [2.75, 3.05) is 19.0 Å². The Morgan fingerprint density at radius 1 is 0.893 bits per heavy atom. The van der Waals surface area contributed by atoms with Gasteiger partial charge in [-0.1, -0.05) is 54.6 Å². The molecule has 142 valence electrons. The van der Waals surface area contributed by atoms with Crippen LogP contribution in [-0.2, 0) is 16.0 Å². The summed E-state index contributed by atoms with van der Waals surface area (Å²) in [5.74, 6) is -0.302. The highest BCUT2D eigenvalue weighted by atomic mass is 16.5. The van der Waals surface area contributed by atoms with E-state index >= 15 is 0 Å². The van der Waals surface area contributed by atoms with E-state index in [4.69, 9.17) is 4.74 Å². The third kappa shape index (κ3) is 5.20. The van der Waals surface area contributed by atoms with E-state index in [0.717, 1.165) is 17.7 Å². The number of benzene rings is 3. The molecule has 0 radical (unpaired) electrons. The molecule has 0 atom stereocenters. The number of anilines is 1. The maximum Gasteiger partial charge on any atom is 0.337 e. The van der Waals surface area contributed by atoms with Crippen LogP contribution < -0.4 is 10.1 Å². The number of amides is 1. The van der Waals surface area contributed by atoms with Crippen LogP contribution in [0.3, 0.4) is 0 Å². The lowest BCUT2D eigenvalue weighted by atomic mass is 10.0. The molecule has 0 heterocycles. The van der Waals surface area contributed by atoms with E-state index in [2.05, 4.69) is 22.2 Å². The zero-order valence-electron chi connectivity index (χ0n) is 15.6. The van der Waals surface area contributed by atoms with E-state index in [1.165, 1.54) is 12.7 Å². The van der Waals surface area contributed by atoms with Gasteiger partial charge in [0.2, 0.25) is 0 Å². The van der Waals surface area contributed by atoms with Crippen LogP contribution in [0, 0.1) is 0 Å². The first kappa shape index (κ1) is 19.2. The Kier molecular flexibility index (Phi) is 6.41. The third-order valence-electron chi connectivity index (χ3n) is 4.15. The zero-order valence-corrected chi connectivity index (χ0v) is 15.6. The smallest absolute Gasteiger partial charge is 0.337 e. The SMILES string of the molecule is COC(=O)c1cccc(OCC(=O)Nc2ccccc2Cc2ccccc2)c1. The van der Waals surface area contributed by atoms with E-state index in [0.29, 0.717) is 11.3 Å². The third-order valence-corrected chi connectivity index (χ3v) is 4.15. The molecule has 28 heavy (non-hydrogen) atoms. The van der Waals surface area contributed by atoms with Crippen molar-refractivity contribution in [2.45, 2.75) is 6.42 Å². The summed E-state index contributed by atoms with van der Waals surface area (Å²) in [5, 5.41) is 2.89. The van der Waals surface area contributed by atoms with Gasteiger partial charge >= 0.3 is 5.97 Å². The molecule has 0 aliphatic carbocycles. The largest absolute Gasteiger partial charge is 0.484 e. The van der Waals surface area contributed by atoms with E-state index in [9.17, 15) is 9.59 Å². The molecule has 3 rings (SSSR count). The summed E-state index contributed by atoms with van der Waals surface area (Å²) in [5.41, 5.74) is 3.31. The molecule has 5 heteroatoms. The molecule has 0 spiro atoms. The highest BCUT2D eigenvalue weighted by molar-refractivity contribution is 5.93. The van der Waals surface area contributed by atoms with Crippen LogP contribution in [0.25, 0.3) is 0 Å². The molecule has 3 aromatic carbocycles. The second kappa shape index (κ2) is 9.37. The summed E-state index contributed by atoms with van der Waals surface area (Å²) in [6, 6.07) is 24.3. The molecule has 0 aliphatic heterocycles. The lowest BCUT2D eigenvalue weighted by molar-refractivity contribution is -0.118. The first-order valence-electron chi connectivity index (χ1n) is 8.88. The van der Waals surface area contributed by atoms with Crippen LogP contribution >= 0.6 is 0 Å². The second-order valence-corrected chi connectivity index (χ2v) is 6.18. The normalized spacial score (nSPS) is 10.2. The van der Waals surface area contributed by atoms with Crippen LogP contribution in [0.1, 0.15) is 21.5 Å². The Bertz CT molecular complexity index is 954. The number of esters is 1. The summed E-state index contributed by atoms with van der Waals surface area (Å²) >= 11 is 0. The van der Waals surface area contributed by atoms with Gasteiger partial charge in [-0.2, -0.15) is 0 Å². The lowest BCUT2D eigenvalue weighted by Gasteiger charge is -2.12. The molecular formula is C23H21NO4. The number of hydrogen-bond acceptors (Lipinski definition) is 4. The van der Waals surface area contributed by atoms with Crippen LogP contribution in [0.5, 0.6) is 5.75 Å². The number of rotatable bonds is 7. The average molecular weight is 375 g/mol. The van der Waals surface area contributed by atoms with Crippen LogP contribution in [0.2, 0.25) is 0 Å². The minimum Gasteiger partial charge on any atom is -0.484 e. The Morgan fingerprint density at radius 2 is 1.64 bits per heavy atom. The number of para-hydroxylation sites is 1. The van der Waals surface area contributed by atoms with Gasteiger partial charge in [-0.25, -0.2) is 4.79 Å². The molecule has 0 fully saturated rings. The highest BCUT2D eigenvalue weighted by Gasteiger charge is 2.10. The minimum atomic E-state index is -0.454. The molecule has 1 amide bonds. The fourth-order valence-corrected chi connectivity index (χ4v) is 2.78. The number of carbonyl (C=O) groups is 2. The number of methoxy groups -OCH3 is 1. The van der Waals surface area contributed by atoms with Crippen molar-refractivity contribution in [3.05, 3.63) is 95.6 Å². The highest BCUT2D eigenvalue weighted by Crippen LogP contribution is 2.19. The van der Waals surface area contributed by atoms with Crippen molar-refractivity contribution >= 4 is 17.6 Å². The molecule has 0 aliphatic rings. The molecule has 0 bridgehead atoms. The standard InChI is InChI=1S/C23H21NO4/c1-27-23(26)19-11-7-12-20(15-19)28-16-22(25)24-21-13-6-5-10-18(21)14-17-8-3-2-4-9-17/h2-13,15H,14,16H2,1H3,(H,24,25). The van der Waals surface area contributed by atoms with Crippen molar-refractivity contribution in [1.29, 1.82) is 0 Å². The first-order chi connectivity index (χ1) is 13.7. The van der Waals surface area contributed by atoms with Crippen molar-refractivity contribution in [3.63, 3.8) is 0 Å². The Labute approximate surface area is 163 Å². The lowest BCUT2D eigenvalue weighted by Crippen LogP contribution is -2.21. The predicted octanol–water partition coefficient (Wildman–Crippen LogP) is 4.08. The van der Waals surface area contributed by atoms with Crippen LogP contribution in [-0.4, -0.2) is 25.6 Å². The van der Waals surface area contributed by atoms with E-state index in [1.54, 1.807) is 24.3 Å². The fraction of sp³-hybridized carbons (Fsp3) is 0.130. The van der Waals surface area contributed by atoms with E-state index in [1.807, 2.05) is 42.5 Å². The zero-order chi connectivity index (χ0) is 19.8. The minimum absolute atomic E-state index is 0.162. The first-order valence-corrected chi connectivity index (χ1v) is 8.88. The Balaban J connectivity index is 1.62. The maximum absolute atomic E-state index is 12.3. The Hall–Kier alpha value is -3.60. The van der Waals surface area contributed by atoms with Crippen LogP contribution in [0.4, 0.5) is 5.69 Å². The average Bonchev–Trinajstić information content (AvgIpc) is 2.74. The van der Waals surface area contributed by atoms with Gasteiger partial charge in [0.15, 0.2) is 6.61 Å². The number of ether oxygens (including phenoxy) is 2. The van der Waals surface area contributed by atoms with Crippen molar-refractivity contribution in [1.82, 2.24) is 0 Å². The molecule has 0 saturated heterocycles. The molecular weight excluding hydrogens is 354 g/mol. The monoisotopic (exact) mass is 375 g/mol. The molecule has 0 unspecified atom stereocenters. The number of nitrogens with one attached hydrogen (secondary N) is 1. The van der Waals surface area contributed by atoms with Crippen LogP contribution in [0.15, 0.2) is 78.9 Å². The molecule has 0 saturated carbocycles. The number of hydrogen-bond donors (Lipinski definition) is 1. The van der Waals surface area contributed by atoms with Gasteiger partial charge < -0.3 is 14.8 Å². The summed E-state index contributed by atoms with van der Waals surface area (Å²) in [6.45, 7) is -0.162. The summed E-state index contributed by atoms with van der Waals surface area (Å²) < 4.78 is 10.2. The molecule has 5 nitrogen and oxygen atoms in total. The van der Waals surface area contributed by atoms with Gasteiger partial charge in [0.05, 0.1) is 12.7 Å². The van der Waals surface area contributed by atoms with Gasteiger partial charge in [-0.15, -0.1) is 0 Å². The van der Waals surface area contributed by atoms with E-state index in [-0.39, 0.29) is 12.5 Å². The topological polar surface area (TPSA) is 64.6 Å². The van der Waals surface area contributed by atoms with Gasteiger partial charge in [0, 0.05) is 5.69 Å². The second-order valence-electron chi connectivity index (χ2n) is 6.18. The van der Waals surface area contributed by atoms with E-state index < -0.39 is 5.97 Å². The van der Waals surface area contributed by atoms with Crippen molar-refractivity contribution < 1.29 is 19.1 Å². The van der Waals surface area contributed by atoms with Gasteiger partial charge in [-0.3, -0.25) is 4.79 Å².